The van der Waals surface area contributed by atoms with Gasteiger partial charge in [-0.3, -0.25) is 4.79 Å². The molecule has 0 bridgehead atoms. The number of hydrogen-bond acceptors (Lipinski definition) is 3. The van der Waals surface area contributed by atoms with E-state index in [1.54, 1.807) is 0 Å². The number of carbonyl (C=O) groups is 1. The molecule has 4 nitrogen and oxygen atoms in total. The van der Waals surface area contributed by atoms with Crippen LogP contribution in [0.3, 0.4) is 0 Å². The second-order valence-electron chi connectivity index (χ2n) is 7.69. The smallest absolute Gasteiger partial charge is 0.303 e. The summed E-state index contributed by atoms with van der Waals surface area (Å²) < 4.78 is 0. The zero-order chi connectivity index (χ0) is 19.2. The van der Waals surface area contributed by atoms with Crippen LogP contribution in [-0.2, 0) is 11.2 Å². The van der Waals surface area contributed by atoms with E-state index in [2.05, 4.69) is 17.9 Å². The zero-order valence-corrected chi connectivity index (χ0v) is 15.6. The number of rotatable bonds is 6. The van der Waals surface area contributed by atoms with Crippen molar-refractivity contribution in [2.45, 2.75) is 57.2 Å². The third-order valence-electron chi connectivity index (χ3n) is 5.84. The second-order valence-corrected chi connectivity index (χ2v) is 7.69. The van der Waals surface area contributed by atoms with Crippen molar-refractivity contribution in [2.24, 2.45) is 17.8 Å². The minimum Gasteiger partial charge on any atom is -0.481 e. The van der Waals surface area contributed by atoms with Gasteiger partial charge in [0.25, 0.3) is 0 Å². The monoisotopic (exact) mass is 368 g/mol. The van der Waals surface area contributed by atoms with Crippen molar-refractivity contribution in [1.29, 1.82) is 0 Å². The van der Waals surface area contributed by atoms with Crippen molar-refractivity contribution in [3.63, 3.8) is 0 Å². The maximum absolute atomic E-state index is 10.7. The number of carboxylic acid groups (broad SMARTS) is 1. The van der Waals surface area contributed by atoms with Crippen molar-refractivity contribution in [1.82, 2.24) is 0 Å². The lowest BCUT2D eigenvalue weighted by Gasteiger charge is -2.48. The van der Waals surface area contributed by atoms with Crippen LogP contribution < -0.4 is 0 Å². The lowest BCUT2D eigenvalue weighted by Crippen LogP contribution is -2.44. The van der Waals surface area contributed by atoms with Gasteiger partial charge in [-0.25, -0.2) is 0 Å². The number of benzene rings is 1. The van der Waals surface area contributed by atoms with Gasteiger partial charge in [0, 0.05) is 6.42 Å². The van der Waals surface area contributed by atoms with Crippen molar-refractivity contribution in [3.8, 4) is 11.8 Å². The fourth-order valence-corrected chi connectivity index (χ4v) is 4.30. The van der Waals surface area contributed by atoms with E-state index in [-0.39, 0.29) is 12.3 Å². The lowest BCUT2D eigenvalue weighted by molar-refractivity contribution is -0.136. The van der Waals surface area contributed by atoms with E-state index >= 15 is 0 Å². The summed E-state index contributed by atoms with van der Waals surface area (Å²) in [5.41, 5.74) is 2.51. The van der Waals surface area contributed by atoms with Crippen LogP contribution in [0, 0.1) is 29.6 Å². The molecule has 2 aliphatic rings. The summed E-state index contributed by atoms with van der Waals surface area (Å²) in [6, 6.07) is 10.0. The first-order valence-corrected chi connectivity index (χ1v) is 9.86. The number of aryl methyl sites for hydroxylation is 1. The molecular weight excluding hydrogens is 340 g/mol. The molecule has 2 unspecified atom stereocenters. The molecule has 5 atom stereocenters. The Morgan fingerprint density at radius 3 is 2.78 bits per heavy atom. The Kier molecular flexibility index (Phi) is 6.71. The molecule has 3 rings (SSSR count). The maximum atomic E-state index is 10.7. The number of fused-ring (bicyclic) bond motifs is 1. The molecule has 1 aromatic carbocycles. The van der Waals surface area contributed by atoms with E-state index in [1.165, 1.54) is 11.1 Å². The van der Waals surface area contributed by atoms with Gasteiger partial charge in [-0.15, -0.1) is 0 Å². The van der Waals surface area contributed by atoms with Gasteiger partial charge in [-0.05, 0) is 55.9 Å². The molecule has 3 N–H and O–H groups in total. The summed E-state index contributed by atoms with van der Waals surface area (Å²) in [4.78, 5) is 10.7. The summed E-state index contributed by atoms with van der Waals surface area (Å²) in [5.74, 6) is 6.01. The molecule has 0 saturated heterocycles. The highest BCUT2D eigenvalue weighted by molar-refractivity contribution is 5.66. The SMILES string of the molecule is O=C(O)CC/C=C1/C[C@H]2C(C#CC(O)CCc3ccccc3)[C@@H](O)CC[C@@H]12. The van der Waals surface area contributed by atoms with Gasteiger partial charge in [0.05, 0.1) is 12.0 Å². The highest BCUT2D eigenvalue weighted by atomic mass is 16.4. The number of aliphatic hydroxyl groups excluding tert-OH is 2. The highest BCUT2D eigenvalue weighted by Crippen LogP contribution is 2.51. The summed E-state index contributed by atoms with van der Waals surface area (Å²) >= 11 is 0. The maximum Gasteiger partial charge on any atom is 0.303 e. The third-order valence-corrected chi connectivity index (χ3v) is 5.84. The van der Waals surface area contributed by atoms with Crippen molar-refractivity contribution in [3.05, 3.63) is 47.5 Å². The van der Waals surface area contributed by atoms with Crippen molar-refractivity contribution in [2.75, 3.05) is 0 Å². The molecule has 0 amide bonds. The molecule has 2 fully saturated rings. The molecular formula is C23H28O4. The second kappa shape index (κ2) is 9.21. The fourth-order valence-electron chi connectivity index (χ4n) is 4.30. The Balaban J connectivity index is 1.53. The number of allylic oxidation sites excluding steroid dienone is 2. The summed E-state index contributed by atoms with van der Waals surface area (Å²) in [7, 11) is 0. The van der Waals surface area contributed by atoms with Crippen LogP contribution in [-0.4, -0.2) is 33.5 Å². The van der Waals surface area contributed by atoms with E-state index in [0.29, 0.717) is 24.7 Å². The van der Waals surface area contributed by atoms with Crippen LogP contribution in [0.2, 0.25) is 0 Å². The van der Waals surface area contributed by atoms with Crippen molar-refractivity contribution >= 4 is 5.97 Å². The summed E-state index contributed by atoms with van der Waals surface area (Å²) in [6.07, 6.45) is 5.62. The van der Waals surface area contributed by atoms with Gasteiger partial charge in [0.1, 0.15) is 6.10 Å². The van der Waals surface area contributed by atoms with Crippen LogP contribution in [0.1, 0.15) is 44.1 Å². The zero-order valence-electron chi connectivity index (χ0n) is 15.6. The average molecular weight is 368 g/mol. The van der Waals surface area contributed by atoms with E-state index in [1.807, 2.05) is 30.3 Å². The van der Waals surface area contributed by atoms with Gasteiger partial charge in [-0.1, -0.05) is 53.8 Å². The predicted molar refractivity (Wildman–Crippen MR) is 104 cm³/mol. The third kappa shape index (κ3) is 5.22. The first-order valence-electron chi connectivity index (χ1n) is 9.86. The predicted octanol–water partition coefficient (Wildman–Crippen LogP) is 3.18. The minimum atomic E-state index is -0.768. The molecule has 144 valence electrons. The van der Waals surface area contributed by atoms with Crippen molar-refractivity contribution < 1.29 is 20.1 Å². The van der Waals surface area contributed by atoms with E-state index < -0.39 is 18.2 Å². The van der Waals surface area contributed by atoms with Gasteiger partial charge < -0.3 is 15.3 Å². The molecule has 4 heteroatoms. The van der Waals surface area contributed by atoms with Gasteiger partial charge in [0.2, 0.25) is 0 Å². The Morgan fingerprint density at radius 1 is 1.26 bits per heavy atom. The fraction of sp³-hybridized carbons (Fsp3) is 0.522. The molecule has 0 heterocycles. The van der Waals surface area contributed by atoms with Crippen LogP contribution in [0.5, 0.6) is 0 Å². The molecule has 0 aromatic heterocycles. The Bertz CT molecular complexity index is 728. The molecule has 2 aliphatic carbocycles. The molecule has 1 aromatic rings. The molecule has 0 spiro atoms. The minimum absolute atomic E-state index is 0.0910. The standard InChI is InChI=1S/C23H28O4/c24-18(10-9-16-5-2-1-3-6-16)11-12-20-21-15-17(7-4-8-23(26)27)19(21)13-14-22(20)25/h1-3,5-7,18-22,24-25H,4,8-10,13-15H2,(H,26,27)/b17-7-/t18?,19-,20?,21+,22-/m0/s1. The topological polar surface area (TPSA) is 77.8 Å². The summed E-state index contributed by atoms with van der Waals surface area (Å²) in [6.45, 7) is 0. The van der Waals surface area contributed by atoms with Crippen LogP contribution in [0.15, 0.2) is 42.0 Å². The van der Waals surface area contributed by atoms with E-state index in [9.17, 15) is 15.0 Å². The average Bonchev–Trinajstić information content (AvgIpc) is 2.64. The molecule has 2 saturated carbocycles. The quantitative estimate of drug-likeness (QED) is 0.532. The Labute approximate surface area is 160 Å². The first kappa shape index (κ1) is 19.7. The number of carboxylic acids is 1. The summed E-state index contributed by atoms with van der Waals surface area (Å²) in [5, 5.41) is 29.3. The van der Waals surface area contributed by atoms with Crippen LogP contribution in [0.4, 0.5) is 0 Å². The molecule has 27 heavy (non-hydrogen) atoms. The van der Waals surface area contributed by atoms with E-state index in [0.717, 1.165) is 25.7 Å². The van der Waals surface area contributed by atoms with Crippen LogP contribution >= 0.6 is 0 Å². The number of hydrogen-bond donors (Lipinski definition) is 3. The normalized spacial score (nSPS) is 29.2. The first-order chi connectivity index (χ1) is 13.0. The van der Waals surface area contributed by atoms with Gasteiger partial charge in [0.15, 0.2) is 0 Å². The molecule has 0 radical (unpaired) electrons. The Morgan fingerprint density at radius 2 is 2.04 bits per heavy atom. The van der Waals surface area contributed by atoms with E-state index in [4.69, 9.17) is 5.11 Å². The van der Waals surface area contributed by atoms with Crippen LogP contribution in [0.25, 0.3) is 0 Å². The lowest BCUT2D eigenvalue weighted by atomic mass is 9.57. The Hall–Kier alpha value is -2.09. The number of aliphatic hydroxyl groups is 2. The highest BCUT2D eigenvalue weighted by Gasteiger charge is 2.46. The largest absolute Gasteiger partial charge is 0.481 e. The number of aliphatic carboxylic acids is 1. The van der Waals surface area contributed by atoms with Gasteiger partial charge >= 0.3 is 5.97 Å². The molecule has 0 aliphatic heterocycles. The van der Waals surface area contributed by atoms with Gasteiger partial charge in [-0.2, -0.15) is 0 Å².